The van der Waals surface area contributed by atoms with Gasteiger partial charge in [-0.3, -0.25) is 0 Å². The topological polar surface area (TPSA) is 46.0 Å². The van der Waals surface area contributed by atoms with Gasteiger partial charge in [0, 0.05) is 18.3 Å². The summed E-state index contributed by atoms with van der Waals surface area (Å²) < 4.78 is 0. The molecule has 1 aromatic rings. The number of nitrogens with zero attached hydrogens (tertiary/aromatic N) is 2. The molecule has 0 amide bonds. The van der Waals surface area contributed by atoms with Crippen LogP contribution in [-0.2, 0) is 0 Å². The Kier molecular flexibility index (Phi) is 2.34. The van der Waals surface area contributed by atoms with Crippen molar-refractivity contribution in [2.45, 2.75) is 12.8 Å². The molecule has 1 N–H and O–H groups in total. The third-order valence-corrected chi connectivity index (χ3v) is 1.30. The van der Waals surface area contributed by atoms with Crippen LogP contribution in [0.4, 0.5) is 0 Å². The van der Waals surface area contributed by atoms with Gasteiger partial charge in [0.2, 0.25) is 0 Å². The molecule has 1 heterocycles. The Balaban J connectivity index is 2.75. The van der Waals surface area contributed by atoms with Crippen LogP contribution in [0.2, 0.25) is 0 Å². The van der Waals surface area contributed by atoms with E-state index in [1.54, 1.807) is 18.5 Å². The highest BCUT2D eigenvalue weighted by Gasteiger charge is 2.03. The number of aromatic nitrogens is 2. The minimum atomic E-state index is 0.0428. The van der Waals surface area contributed by atoms with Gasteiger partial charge < -0.3 is 5.11 Å². The van der Waals surface area contributed by atoms with Gasteiger partial charge in [-0.15, -0.1) is 0 Å². The van der Waals surface area contributed by atoms with Crippen LogP contribution in [0.5, 0.6) is 0 Å². The average Bonchev–Trinajstić information content (AvgIpc) is 2.05. The van der Waals surface area contributed by atoms with Crippen LogP contribution < -0.4 is 0 Å². The summed E-state index contributed by atoms with van der Waals surface area (Å²) in [6.07, 6.45) is 3.35. The van der Waals surface area contributed by atoms with Crippen LogP contribution in [0.15, 0.2) is 18.5 Å². The minimum absolute atomic E-state index is 0.0428. The molecule has 0 saturated carbocycles. The summed E-state index contributed by atoms with van der Waals surface area (Å²) in [5, 5.41) is 8.71. The lowest BCUT2D eigenvalue weighted by Crippen LogP contribution is -2.03. The van der Waals surface area contributed by atoms with E-state index in [4.69, 9.17) is 5.11 Å². The van der Waals surface area contributed by atoms with Gasteiger partial charge in [0.1, 0.15) is 5.82 Å². The third kappa shape index (κ3) is 1.51. The molecular formula is C7H10N2O. The molecule has 3 nitrogen and oxygen atoms in total. The van der Waals surface area contributed by atoms with Crippen molar-refractivity contribution in [2.75, 3.05) is 6.61 Å². The molecular weight excluding hydrogens is 128 g/mol. The Hall–Kier alpha value is -0.960. The maximum Gasteiger partial charge on any atom is 0.133 e. The SMILES string of the molecule is CC(CO)c1ncccn1. The van der Waals surface area contributed by atoms with E-state index in [0.717, 1.165) is 0 Å². The molecule has 0 aliphatic rings. The molecule has 0 bridgehead atoms. The second kappa shape index (κ2) is 3.27. The normalized spacial score (nSPS) is 13.0. The number of aliphatic hydroxyl groups excluding tert-OH is 1. The van der Waals surface area contributed by atoms with Crippen molar-refractivity contribution in [2.24, 2.45) is 0 Å². The van der Waals surface area contributed by atoms with Crippen LogP contribution in [0, 0.1) is 0 Å². The molecule has 0 aliphatic carbocycles. The number of rotatable bonds is 2. The zero-order valence-corrected chi connectivity index (χ0v) is 5.86. The fourth-order valence-corrected chi connectivity index (χ4v) is 0.647. The van der Waals surface area contributed by atoms with Gasteiger partial charge in [0.05, 0.1) is 6.61 Å². The lowest BCUT2D eigenvalue weighted by Gasteiger charge is -2.03. The maximum atomic E-state index is 8.71. The highest BCUT2D eigenvalue weighted by Crippen LogP contribution is 2.05. The first-order chi connectivity index (χ1) is 4.84. The molecule has 54 valence electrons. The molecule has 0 radical (unpaired) electrons. The summed E-state index contributed by atoms with van der Waals surface area (Å²) in [6.45, 7) is 1.99. The van der Waals surface area contributed by atoms with Crippen molar-refractivity contribution in [1.82, 2.24) is 9.97 Å². The maximum absolute atomic E-state index is 8.71. The van der Waals surface area contributed by atoms with Crippen molar-refractivity contribution in [3.63, 3.8) is 0 Å². The minimum Gasteiger partial charge on any atom is -0.396 e. The summed E-state index contributed by atoms with van der Waals surface area (Å²) in [5.41, 5.74) is 0. The standard InChI is InChI=1S/C7H10N2O/c1-6(5-10)7-8-3-2-4-9-7/h2-4,6,10H,5H2,1H3. The van der Waals surface area contributed by atoms with E-state index in [-0.39, 0.29) is 12.5 Å². The van der Waals surface area contributed by atoms with E-state index in [0.29, 0.717) is 5.82 Å². The van der Waals surface area contributed by atoms with Crippen molar-refractivity contribution < 1.29 is 5.11 Å². The fourth-order valence-electron chi connectivity index (χ4n) is 0.647. The predicted octanol–water partition coefficient (Wildman–Crippen LogP) is 0.572. The molecule has 0 fully saturated rings. The van der Waals surface area contributed by atoms with Crippen molar-refractivity contribution in [1.29, 1.82) is 0 Å². The average molecular weight is 138 g/mol. The molecule has 1 rings (SSSR count). The van der Waals surface area contributed by atoms with E-state index < -0.39 is 0 Å². The molecule has 0 saturated heterocycles. The van der Waals surface area contributed by atoms with E-state index in [2.05, 4.69) is 9.97 Å². The summed E-state index contributed by atoms with van der Waals surface area (Å²) in [7, 11) is 0. The van der Waals surface area contributed by atoms with Crippen LogP contribution in [0.3, 0.4) is 0 Å². The highest BCUT2D eigenvalue weighted by molar-refractivity contribution is 4.94. The van der Waals surface area contributed by atoms with Gasteiger partial charge in [-0.1, -0.05) is 6.92 Å². The van der Waals surface area contributed by atoms with Gasteiger partial charge in [-0.25, -0.2) is 9.97 Å². The quantitative estimate of drug-likeness (QED) is 0.650. The Labute approximate surface area is 59.8 Å². The Bertz CT molecular complexity index is 188. The lowest BCUT2D eigenvalue weighted by atomic mass is 10.2. The first-order valence-electron chi connectivity index (χ1n) is 3.22. The molecule has 0 spiro atoms. The van der Waals surface area contributed by atoms with Crippen molar-refractivity contribution in [3.05, 3.63) is 24.3 Å². The van der Waals surface area contributed by atoms with Crippen molar-refractivity contribution in [3.8, 4) is 0 Å². The molecule has 0 aromatic carbocycles. The van der Waals surface area contributed by atoms with E-state index in [1.165, 1.54) is 0 Å². The Morgan fingerprint density at radius 3 is 2.60 bits per heavy atom. The summed E-state index contributed by atoms with van der Waals surface area (Å²) in [5.74, 6) is 0.742. The zero-order chi connectivity index (χ0) is 7.40. The van der Waals surface area contributed by atoms with Gasteiger partial charge >= 0.3 is 0 Å². The molecule has 3 heteroatoms. The number of hydrogen-bond acceptors (Lipinski definition) is 3. The van der Waals surface area contributed by atoms with E-state index in [9.17, 15) is 0 Å². The summed E-state index contributed by atoms with van der Waals surface area (Å²) >= 11 is 0. The molecule has 10 heavy (non-hydrogen) atoms. The van der Waals surface area contributed by atoms with Crippen molar-refractivity contribution >= 4 is 0 Å². The predicted molar refractivity (Wildman–Crippen MR) is 37.5 cm³/mol. The van der Waals surface area contributed by atoms with E-state index in [1.807, 2.05) is 6.92 Å². The van der Waals surface area contributed by atoms with Crippen LogP contribution in [0.1, 0.15) is 18.7 Å². The molecule has 0 aliphatic heterocycles. The highest BCUT2D eigenvalue weighted by atomic mass is 16.3. The second-order valence-corrected chi connectivity index (χ2v) is 2.19. The van der Waals surface area contributed by atoms with Gasteiger partial charge in [0.25, 0.3) is 0 Å². The van der Waals surface area contributed by atoms with Gasteiger partial charge in [-0.2, -0.15) is 0 Å². The third-order valence-electron chi connectivity index (χ3n) is 1.30. The largest absolute Gasteiger partial charge is 0.396 e. The van der Waals surface area contributed by atoms with Crippen LogP contribution in [0.25, 0.3) is 0 Å². The Morgan fingerprint density at radius 2 is 2.10 bits per heavy atom. The summed E-state index contributed by atoms with van der Waals surface area (Å²) in [6, 6.07) is 1.76. The fraction of sp³-hybridized carbons (Fsp3) is 0.429. The van der Waals surface area contributed by atoms with E-state index >= 15 is 0 Å². The monoisotopic (exact) mass is 138 g/mol. The van der Waals surface area contributed by atoms with Crippen LogP contribution in [-0.4, -0.2) is 21.7 Å². The van der Waals surface area contributed by atoms with Crippen LogP contribution >= 0.6 is 0 Å². The molecule has 1 aromatic heterocycles. The Morgan fingerprint density at radius 1 is 1.50 bits per heavy atom. The zero-order valence-electron chi connectivity index (χ0n) is 5.86. The number of aliphatic hydroxyl groups is 1. The number of hydrogen-bond donors (Lipinski definition) is 1. The first kappa shape index (κ1) is 7.15. The molecule has 1 atom stereocenters. The second-order valence-electron chi connectivity index (χ2n) is 2.19. The van der Waals surface area contributed by atoms with Gasteiger partial charge in [0.15, 0.2) is 0 Å². The smallest absolute Gasteiger partial charge is 0.133 e. The van der Waals surface area contributed by atoms with Gasteiger partial charge in [-0.05, 0) is 6.07 Å². The lowest BCUT2D eigenvalue weighted by molar-refractivity contribution is 0.268. The molecule has 1 unspecified atom stereocenters. The first-order valence-corrected chi connectivity index (χ1v) is 3.22. The summed E-state index contributed by atoms with van der Waals surface area (Å²) in [4.78, 5) is 7.96.